The molecule has 0 spiro atoms. The van der Waals surface area contributed by atoms with Crippen molar-refractivity contribution in [1.29, 1.82) is 0 Å². The van der Waals surface area contributed by atoms with Crippen LogP contribution in [0.1, 0.15) is 40.3 Å². The lowest BCUT2D eigenvalue weighted by Crippen LogP contribution is -2.39. The van der Waals surface area contributed by atoms with Crippen LogP contribution in [-0.4, -0.2) is 40.7 Å². The second-order valence-electron chi connectivity index (χ2n) is 9.25. The molecule has 2 aromatic heterocycles. The van der Waals surface area contributed by atoms with Crippen LogP contribution in [0, 0.1) is 5.82 Å². The number of aryl methyl sites for hydroxylation is 2. The van der Waals surface area contributed by atoms with Gasteiger partial charge in [0.05, 0.1) is 28.1 Å². The molecule has 206 valence electrons. The van der Waals surface area contributed by atoms with Gasteiger partial charge in [-0.15, -0.1) is 11.8 Å². The van der Waals surface area contributed by atoms with E-state index in [1.54, 1.807) is 37.0 Å². The molecule has 0 bridgehead atoms. The first kappa shape index (κ1) is 27.9. The third kappa shape index (κ3) is 6.21. The number of nitrogens with one attached hydrogen (secondary N) is 1. The van der Waals surface area contributed by atoms with Gasteiger partial charge < -0.3 is 14.8 Å². The average Bonchev–Trinajstić information content (AvgIpc) is 3.11. The standard InChI is InChI=1S/C30H27ClFN3O4S/c1-2-38-30(37)28(34-17-36)16-40-29-22-4-3-11-33-26(22)10-7-18-6-9-21(13-23(18)29)39-15-20-8-5-19-12-25(32)24(31)14-27(19)35-20/h3-6,8-9,11-14,17,28-29H,2,7,10,15-16H2,1H3,(H,34,36). The van der Waals surface area contributed by atoms with E-state index >= 15 is 0 Å². The summed E-state index contributed by atoms with van der Waals surface area (Å²) in [6.07, 6.45) is 3.92. The highest BCUT2D eigenvalue weighted by Gasteiger charge is 2.28. The van der Waals surface area contributed by atoms with E-state index in [2.05, 4.69) is 27.4 Å². The van der Waals surface area contributed by atoms with Gasteiger partial charge in [0, 0.05) is 23.0 Å². The number of fused-ring (bicyclic) bond motifs is 3. The summed E-state index contributed by atoms with van der Waals surface area (Å²) in [6.45, 7) is 2.18. The van der Waals surface area contributed by atoms with E-state index in [0.717, 1.165) is 29.7 Å². The molecule has 0 aliphatic heterocycles. The summed E-state index contributed by atoms with van der Waals surface area (Å²) in [7, 11) is 0. The van der Waals surface area contributed by atoms with Crippen molar-refractivity contribution in [3.63, 3.8) is 0 Å². The molecule has 1 aliphatic rings. The molecular weight excluding hydrogens is 553 g/mol. The van der Waals surface area contributed by atoms with Crippen LogP contribution in [0.3, 0.4) is 0 Å². The highest BCUT2D eigenvalue weighted by atomic mass is 35.5. The smallest absolute Gasteiger partial charge is 0.329 e. The van der Waals surface area contributed by atoms with Crippen molar-refractivity contribution >= 4 is 46.6 Å². The summed E-state index contributed by atoms with van der Waals surface area (Å²) in [5.74, 6) is 0.0466. The predicted molar refractivity (Wildman–Crippen MR) is 153 cm³/mol. The van der Waals surface area contributed by atoms with E-state index in [-0.39, 0.29) is 23.5 Å². The molecule has 5 rings (SSSR count). The first-order valence-electron chi connectivity index (χ1n) is 12.9. The van der Waals surface area contributed by atoms with Crippen LogP contribution in [0.15, 0.2) is 60.8 Å². The van der Waals surface area contributed by atoms with Crippen molar-refractivity contribution in [2.24, 2.45) is 0 Å². The third-order valence-corrected chi connectivity index (χ3v) is 8.34. The molecule has 1 amide bonds. The second-order valence-corrected chi connectivity index (χ2v) is 10.8. The zero-order valence-electron chi connectivity index (χ0n) is 21.7. The number of nitrogens with zero attached hydrogens (tertiary/aromatic N) is 2. The Bertz CT molecular complexity index is 1550. The first-order chi connectivity index (χ1) is 19.5. The fraction of sp³-hybridized carbons (Fsp3) is 0.267. The van der Waals surface area contributed by atoms with Crippen LogP contribution in [-0.2, 0) is 33.8 Å². The Morgan fingerprint density at radius 3 is 2.90 bits per heavy atom. The molecule has 7 nitrogen and oxygen atoms in total. The number of rotatable bonds is 10. The summed E-state index contributed by atoms with van der Waals surface area (Å²) in [4.78, 5) is 32.8. The number of halogens is 2. The van der Waals surface area contributed by atoms with Gasteiger partial charge in [-0.05, 0) is 72.9 Å². The fourth-order valence-electron chi connectivity index (χ4n) is 4.73. The quantitative estimate of drug-likeness (QED) is 0.193. The van der Waals surface area contributed by atoms with Gasteiger partial charge in [-0.3, -0.25) is 9.78 Å². The van der Waals surface area contributed by atoms with Gasteiger partial charge in [-0.2, -0.15) is 0 Å². The van der Waals surface area contributed by atoms with Crippen molar-refractivity contribution in [2.45, 2.75) is 37.7 Å². The molecular formula is C30H27ClFN3O4S. The fourth-order valence-corrected chi connectivity index (χ4v) is 6.30. The summed E-state index contributed by atoms with van der Waals surface area (Å²) >= 11 is 7.49. The first-order valence-corrected chi connectivity index (χ1v) is 14.3. The normalized spacial score (nSPS) is 14.9. The lowest BCUT2D eigenvalue weighted by Gasteiger charge is -2.23. The van der Waals surface area contributed by atoms with Crippen molar-refractivity contribution in [2.75, 3.05) is 12.4 Å². The molecule has 40 heavy (non-hydrogen) atoms. The number of hydrogen-bond donors (Lipinski definition) is 1. The molecule has 2 unspecified atom stereocenters. The van der Waals surface area contributed by atoms with Gasteiger partial charge in [-0.25, -0.2) is 14.2 Å². The number of carbonyl (C=O) groups excluding carboxylic acids is 2. The highest BCUT2D eigenvalue weighted by Crippen LogP contribution is 2.43. The molecule has 0 radical (unpaired) electrons. The Morgan fingerprint density at radius 2 is 2.08 bits per heavy atom. The van der Waals surface area contributed by atoms with E-state index in [1.807, 2.05) is 18.2 Å². The number of thioether (sulfide) groups is 1. The average molecular weight is 580 g/mol. The minimum absolute atomic E-state index is 0.0238. The predicted octanol–water partition coefficient (Wildman–Crippen LogP) is 5.60. The SMILES string of the molecule is CCOC(=O)C(CSC1c2cc(OCc3ccc4cc(F)c(Cl)cc4n3)ccc2CCc2ncccc21)NC=O. The summed E-state index contributed by atoms with van der Waals surface area (Å²) in [5.41, 5.74) is 5.58. The van der Waals surface area contributed by atoms with Gasteiger partial charge in [0.25, 0.3) is 0 Å². The highest BCUT2D eigenvalue weighted by molar-refractivity contribution is 7.99. The number of amides is 1. The lowest BCUT2D eigenvalue weighted by molar-refractivity contribution is -0.145. The third-order valence-electron chi connectivity index (χ3n) is 6.68. The Morgan fingerprint density at radius 1 is 1.20 bits per heavy atom. The van der Waals surface area contributed by atoms with Crippen molar-refractivity contribution in [3.8, 4) is 5.75 Å². The second kappa shape index (κ2) is 12.7. The Hall–Kier alpha value is -3.69. The number of ether oxygens (including phenoxy) is 2. The molecule has 0 saturated heterocycles. The van der Waals surface area contributed by atoms with Gasteiger partial charge in [0.2, 0.25) is 6.41 Å². The summed E-state index contributed by atoms with van der Waals surface area (Å²) in [5, 5.41) is 3.14. The number of esters is 1. The molecule has 4 aromatic rings. The van der Waals surface area contributed by atoms with Gasteiger partial charge in [0.15, 0.2) is 0 Å². The lowest BCUT2D eigenvalue weighted by atomic mass is 10.0. The number of carbonyl (C=O) groups is 2. The molecule has 2 atom stereocenters. The summed E-state index contributed by atoms with van der Waals surface area (Å²) < 4.78 is 25.1. The maximum absolute atomic E-state index is 13.8. The molecule has 1 aliphatic carbocycles. The zero-order valence-corrected chi connectivity index (χ0v) is 23.3. The Kier molecular flexibility index (Phi) is 8.81. The molecule has 0 saturated carbocycles. The van der Waals surface area contributed by atoms with E-state index in [0.29, 0.717) is 34.5 Å². The number of hydrogen-bond acceptors (Lipinski definition) is 7. The van der Waals surface area contributed by atoms with Crippen LogP contribution < -0.4 is 10.1 Å². The van der Waals surface area contributed by atoms with E-state index < -0.39 is 17.8 Å². The Labute approximate surface area is 240 Å². The molecule has 0 fully saturated rings. The Balaban J connectivity index is 1.40. The topological polar surface area (TPSA) is 90.4 Å². The molecule has 2 heterocycles. The van der Waals surface area contributed by atoms with Gasteiger partial charge >= 0.3 is 5.97 Å². The van der Waals surface area contributed by atoms with Crippen LogP contribution in [0.2, 0.25) is 5.02 Å². The number of benzene rings is 2. The zero-order chi connectivity index (χ0) is 28.1. The minimum atomic E-state index is -0.769. The molecule has 2 aromatic carbocycles. The van der Waals surface area contributed by atoms with Crippen molar-refractivity contribution in [3.05, 3.63) is 99.7 Å². The maximum Gasteiger partial charge on any atom is 0.329 e. The number of pyridine rings is 2. The van der Waals surface area contributed by atoms with Crippen LogP contribution in [0.5, 0.6) is 5.75 Å². The molecule has 10 heteroatoms. The van der Waals surface area contributed by atoms with Crippen LogP contribution in [0.4, 0.5) is 4.39 Å². The number of aromatic nitrogens is 2. The largest absolute Gasteiger partial charge is 0.487 e. The van der Waals surface area contributed by atoms with Crippen LogP contribution >= 0.6 is 23.4 Å². The minimum Gasteiger partial charge on any atom is -0.487 e. The van der Waals surface area contributed by atoms with Gasteiger partial charge in [-0.1, -0.05) is 29.8 Å². The van der Waals surface area contributed by atoms with E-state index in [4.69, 9.17) is 21.1 Å². The van der Waals surface area contributed by atoms with Crippen LogP contribution in [0.25, 0.3) is 10.9 Å². The van der Waals surface area contributed by atoms with E-state index in [9.17, 15) is 14.0 Å². The maximum atomic E-state index is 13.8. The van der Waals surface area contributed by atoms with E-state index in [1.165, 1.54) is 17.7 Å². The van der Waals surface area contributed by atoms with Crippen molar-refractivity contribution < 1.29 is 23.5 Å². The monoisotopic (exact) mass is 579 g/mol. The van der Waals surface area contributed by atoms with Gasteiger partial charge in [0.1, 0.15) is 24.2 Å². The summed E-state index contributed by atoms with van der Waals surface area (Å²) in [6, 6.07) is 15.7. The molecule has 1 N–H and O–H groups in total. The van der Waals surface area contributed by atoms with Crippen molar-refractivity contribution in [1.82, 2.24) is 15.3 Å².